The largest absolute Gasteiger partial charge is 0.306 e. The summed E-state index contributed by atoms with van der Waals surface area (Å²) in [7, 11) is 0. The molecule has 0 aliphatic heterocycles. The molecule has 2 heteroatoms. The summed E-state index contributed by atoms with van der Waals surface area (Å²) in [5.74, 6) is 0. The monoisotopic (exact) mass is 259 g/mol. The average molecular weight is 260 g/mol. The minimum absolute atomic E-state index is 0.323. The van der Waals surface area contributed by atoms with E-state index in [4.69, 9.17) is 11.6 Å². The first-order chi connectivity index (χ1) is 8.66. The summed E-state index contributed by atoms with van der Waals surface area (Å²) in [6, 6.07) is 16.9. The Labute approximate surface area is 114 Å². The van der Waals surface area contributed by atoms with Gasteiger partial charge in [-0.2, -0.15) is 0 Å². The lowest BCUT2D eigenvalue weighted by Crippen LogP contribution is -2.18. The second-order valence-corrected chi connectivity index (χ2v) is 5.02. The van der Waals surface area contributed by atoms with Crippen LogP contribution >= 0.6 is 11.6 Å². The van der Waals surface area contributed by atoms with Gasteiger partial charge in [0.1, 0.15) is 0 Å². The van der Waals surface area contributed by atoms with Crippen molar-refractivity contribution in [1.82, 2.24) is 5.32 Å². The van der Waals surface area contributed by atoms with E-state index < -0.39 is 0 Å². The van der Waals surface area contributed by atoms with Crippen LogP contribution in [0.25, 0.3) is 0 Å². The molecule has 1 atom stereocenters. The number of nitrogens with one attached hydrogen (secondary N) is 1. The topological polar surface area (TPSA) is 12.0 Å². The zero-order valence-electron chi connectivity index (χ0n) is 10.8. The number of hydrogen-bond donors (Lipinski definition) is 1. The normalized spacial score (nSPS) is 12.4. The minimum Gasteiger partial charge on any atom is -0.306 e. The van der Waals surface area contributed by atoms with E-state index in [0.29, 0.717) is 6.04 Å². The highest BCUT2D eigenvalue weighted by atomic mass is 35.5. The van der Waals surface area contributed by atoms with Gasteiger partial charge in [0, 0.05) is 17.6 Å². The maximum absolute atomic E-state index is 6.22. The Kier molecular flexibility index (Phi) is 4.40. The fourth-order valence-electron chi connectivity index (χ4n) is 1.92. The second-order valence-electron chi connectivity index (χ2n) is 4.61. The van der Waals surface area contributed by atoms with Crippen molar-refractivity contribution in [3.05, 3.63) is 70.2 Å². The van der Waals surface area contributed by atoms with Gasteiger partial charge in [-0.05, 0) is 36.6 Å². The molecule has 0 amide bonds. The molecule has 2 aromatic carbocycles. The van der Waals surface area contributed by atoms with Crippen molar-refractivity contribution in [3.63, 3.8) is 0 Å². The lowest BCUT2D eigenvalue weighted by Gasteiger charge is -2.15. The van der Waals surface area contributed by atoms with Gasteiger partial charge in [0.05, 0.1) is 0 Å². The molecule has 0 aromatic heterocycles. The standard InChI is InChI=1S/C16H18ClN/c1-12-8-9-15(16(17)10-12)11-18-13(2)14-6-4-3-5-7-14/h3-10,13,18H,11H2,1-2H3/t13-/m1/s1. The second kappa shape index (κ2) is 6.03. The van der Waals surface area contributed by atoms with Crippen molar-refractivity contribution < 1.29 is 0 Å². The van der Waals surface area contributed by atoms with E-state index in [1.54, 1.807) is 0 Å². The van der Waals surface area contributed by atoms with Gasteiger partial charge >= 0.3 is 0 Å². The van der Waals surface area contributed by atoms with Gasteiger partial charge in [0.15, 0.2) is 0 Å². The van der Waals surface area contributed by atoms with Crippen LogP contribution in [0.3, 0.4) is 0 Å². The molecule has 0 fully saturated rings. The molecular formula is C16H18ClN. The van der Waals surface area contributed by atoms with Crippen molar-refractivity contribution in [2.24, 2.45) is 0 Å². The van der Waals surface area contributed by atoms with Gasteiger partial charge in [-0.15, -0.1) is 0 Å². The molecule has 18 heavy (non-hydrogen) atoms. The van der Waals surface area contributed by atoms with E-state index in [-0.39, 0.29) is 0 Å². The van der Waals surface area contributed by atoms with Gasteiger partial charge in [-0.3, -0.25) is 0 Å². The molecule has 0 unspecified atom stereocenters. The van der Waals surface area contributed by atoms with Crippen molar-refractivity contribution >= 4 is 11.6 Å². The van der Waals surface area contributed by atoms with Gasteiger partial charge in [-0.25, -0.2) is 0 Å². The van der Waals surface area contributed by atoms with Crippen molar-refractivity contribution in [3.8, 4) is 0 Å². The molecule has 0 bridgehead atoms. The quantitative estimate of drug-likeness (QED) is 0.853. The Balaban J connectivity index is 1.99. The highest BCUT2D eigenvalue weighted by molar-refractivity contribution is 6.31. The SMILES string of the molecule is Cc1ccc(CN[C@H](C)c2ccccc2)c(Cl)c1. The maximum Gasteiger partial charge on any atom is 0.0453 e. The predicted molar refractivity (Wildman–Crippen MR) is 77.9 cm³/mol. The van der Waals surface area contributed by atoms with E-state index in [2.05, 4.69) is 55.6 Å². The number of aryl methyl sites for hydroxylation is 1. The summed E-state index contributed by atoms with van der Waals surface area (Å²) in [4.78, 5) is 0. The number of hydrogen-bond acceptors (Lipinski definition) is 1. The highest BCUT2D eigenvalue weighted by Crippen LogP contribution is 2.19. The zero-order chi connectivity index (χ0) is 13.0. The fraction of sp³-hybridized carbons (Fsp3) is 0.250. The Morgan fingerprint density at radius 1 is 1.11 bits per heavy atom. The van der Waals surface area contributed by atoms with E-state index in [0.717, 1.165) is 17.1 Å². The third-order valence-electron chi connectivity index (χ3n) is 3.11. The van der Waals surface area contributed by atoms with Gasteiger partial charge < -0.3 is 5.32 Å². The van der Waals surface area contributed by atoms with Gasteiger partial charge in [-0.1, -0.05) is 54.1 Å². The van der Waals surface area contributed by atoms with E-state index >= 15 is 0 Å². The summed E-state index contributed by atoms with van der Waals surface area (Å²) in [5, 5.41) is 4.33. The summed E-state index contributed by atoms with van der Waals surface area (Å²) in [5.41, 5.74) is 3.63. The van der Waals surface area contributed by atoms with Crippen LogP contribution < -0.4 is 5.32 Å². The molecular weight excluding hydrogens is 242 g/mol. The predicted octanol–water partition coefficient (Wildman–Crippen LogP) is 4.50. The van der Waals surface area contributed by atoms with E-state index in [9.17, 15) is 0 Å². The summed E-state index contributed by atoms with van der Waals surface area (Å²) < 4.78 is 0. The third-order valence-corrected chi connectivity index (χ3v) is 3.46. The van der Waals surface area contributed by atoms with Crippen LogP contribution in [0.4, 0.5) is 0 Å². The van der Waals surface area contributed by atoms with Crippen molar-refractivity contribution in [1.29, 1.82) is 0 Å². The lowest BCUT2D eigenvalue weighted by atomic mass is 10.1. The minimum atomic E-state index is 0.323. The van der Waals surface area contributed by atoms with E-state index in [1.807, 2.05) is 12.1 Å². The average Bonchev–Trinajstić information content (AvgIpc) is 2.38. The molecule has 0 heterocycles. The van der Waals surface area contributed by atoms with Crippen LogP contribution in [0.5, 0.6) is 0 Å². The van der Waals surface area contributed by atoms with Crippen LogP contribution in [-0.4, -0.2) is 0 Å². The summed E-state index contributed by atoms with van der Waals surface area (Å²) in [6.07, 6.45) is 0. The van der Waals surface area contributed by atoms with Gasteiger partial charge in [0.2, 0.25) is 0 Å². The number of halogens is 1. The Hall–Kier alpha value is -1.31. The van der Waals surface area contributed by atoms with Crippen LogP contribution in [0, 0.1) is 6.92 Å². The zero-order valence-corrected chi connectivity index (χ0v) is 11.5. The van der Waals surface area contributed by atoms with E-state index in [1.165, 1.54) is 11.1 Å². The molecule has 0 spiro atoms. The first kappa shape index (κ1) is 13.1. The Bertz CT molecular complexity index is 508. The first-order valence-electron chi connectivity index (χ1n) is 6.20. The molecule has 0 saturated heterocycles. The first-order valence-corrected chi connectivity index (χ1v) is 6.58. The highest BCUT2D eigenvalue weighted by Gasteiger charge is 2.05. The van der Waals surface area contributed by atoms with Crippen molar-refractivity contribution in [2.75, 3.05) is 0 Å². The van der Waals surface area contributed by atoms with Crippen LogP contribution in [0.2, 0.25) is 5.02 Å². The maximum atomic E-state index is 6.22. The smallest absolute Gasteiger partial charge is 0.0453 e. The number of rotatable bonds is 4. The summed E-state index contributed by atoms with van der Waals surface area (Å²) >= 11 is 6.22. The Morgan fingerprint density at radius 2 is 1.83 bits per heavy atom. The molecule has 1 nitrogen and oxygen atoms in total. The summed E-state index contributed by atoms with van der Waals surface area (Å²) in [6.45, 7) is 5.00. The van der Waals surface area contributed by atoms with Crippen LogP contribution in [0.1, 0.15) is 29.7 Å². The molecule has 0 aliphatic rings. The van der Waals surface area contributed by atoms with Crippen LogP contribution in [0.15, 0.2) is 48.5 Å². The number of benzene rings is 2. The lowest BCUT2D eigenvalue weighted by molar-refractivity contribution is 0.575. The molecule has 94 valence electrons. The third kappa shape index (κ3) is 3.34. The molecule has 2 aromatic rings. The molecule has 0 aliphatic carbocycles. The molecule has 2 rings (SSSR count). The van der Waals surface area contributed by atoms with Crippen molar-refractivity contribution in [2.45, 2.75) is 26.4 Å². The molecule has 0 saturated carbocycles. The van der Waals surface area contributed by atoms with Gasteiger partial charge in [0.25, 0.3) is 0 Å². The Morgan fingerprint density at radius 3 is 2.50 bits per heavy atom. The molecule has 0 radical (unpaired) electrons. The molecule has 1 N–H and O–H groups in total. The van der Waals surface area contributed by atoms with Crippen LogP contribution in [-0.2, 0) is 6.54 Å². The fourth-order valence-corrected chi connectivity index (χ4v) is 2.22.